The van der Waals surface area contributed by atoms with Gasteiger partial charge in [-0.15, -0.1) is 0 Å². The highest BCUT2D eigenvalue weighted by Crippen LogP contribution is 2.30. The molecule has 1 aromatic carbocycles. The molecule has 10 heteroatoms. The van der Waals surface area contributed by atoms with E-state index in [0.29, 0.717) is 73.9 Å². The van der Waals surface area contributed by atoms with E-state index < -0.39 is 17.8 Å². The van der Waals surface area contributed by atoms with Gasteiger partial charge in [-0.25, -0.2) is 13.2 Å². The summed E-state index contributed by atoms with van der Waals surface area (Å²) >= 11 is 0. The first kappa shape index (κ1) is 23.6. The first-order chi connectivity index (χ1) is 17.0. The van der Waals surface area contributed by atoms with E-state index in [9.17, 15) is 13.2 Å². The van der Waals surface area contributed by atoms with Crippen molar-refractivity contribution in [1.82, 2.24) is 20.2 Å². The lowest BCUT2D eigenvalue weighted by atomic mass is 10.0. The third-order valence-corrected chi connectivity index (χ3v) is 6.53. The molecule has 0 saturated carbocycles. The van der Waals surface area contributed by atoms with E-state index in [1.54, 1.807) is 12.3 Å². The summed E-state index contributed by atoms with van der Waals surface area (Å²) in [4.78, 5) is 10.2. The minimum atomic E-state index is -1.09. The number of aromatic nitrogens is 2. The number of alkyl halides is 1. The summed E-state index contributed by atoms with van der Waals surface area (Å²) < 4.78 is 60.1. The number of benzene rings is 1. The lowest BCUT2D eigenvalue weighted by Gasteiger charge is -2.35. The average Bonchev–Trinajstić information content (AvgIpc) is 2.87. The monoisotopic (exact) mass is 488 g/mol. The van der Waals surface area contributed by atoms with Gasteiger partial charge in [0, 0.05) is 48.8 Å². The lowest BCUT2D eigenvalue weighted by molar-refractivity contribution is 0.103. The number of methoxy groups -OCH3 is 1. The van der Waals surface area contributed by atoms with Gasteiger partial charge in [-0.3, -0.25) is 14.9 Å². The first-order valence-electron chi connectivity index (χ1n) is 11.7. The van der Waals surface area contributed by atoms with Gasteiger partial charge in [0.25, 0.3) is 0 Å². The number of pyridine rings is 2. The minimum Gasteiger partial charge on any atom is -0.497 e. The van der Waals surface area contributed by atoms with Crippen LogP contribution in [0.4, 0.5) is 13.2 Å². The van der Waals surface area contributed by atoms with Crippen molar-refractivity contribution in [2.24, 2.45) is 0 Å². The highest BCUT2D eigenvalue weighted by Gasteiger charge is 2.29. The van der Waals surface area contributed by atoms with Crippen LogP contribution < -0.4 is 19.5 Å². The third kappa shape index (κ3) is 5.13. The molecule has 3 aromatic rings. The van der Waals surface area contributed by atoms with Crippen molar-refractivity contribution >= 4 is 10.9 Å². The number of halogens is 3. The number of hydrogen-bond acceptors (Lipinski definition) is 7. The normalized spacial score (nSPS) is 20.2. The van der Waals surface area contributed by atoms with Crippen molar-refractivity contribution in [1.29, 1.82) is 0 Å². The zero-order valence-electron chi connectivity index (χ0n) is 19.4. The largest absolute Gasteiger partial charge is 0.497 e. The van der Waals surface area contributed by atoms with Gasteiger partial charge in [0.05, 0.1) is 25.2 Å². The maximum atomic E-state index is 15.0. The second-order valence-electron chi connectivity index (χ2n) is 8.75. The molecule has 2 aliphatic heterocycles. The van der Waals surface area contributed by atoms with Crippen LogP contribution in [0.2, 0.25) is 0 Å². The van der Waals surface area contributed by atoms with Crippen LogP contribution in [0.3, 0.4) is 0 Å². The van der Waals surface area contributed by atoms with E-state index in [4.69, 9.17) is 14.2 Å². The Bertz CT molecular complexity index is 1210. The predicted octanol–water partition coefficient (Wildman–Crippen LogP) is 3.43. The number of rotatable bonds is 7. The lowest BCUT2D eigenvalue weighted by Crippen LogP contribution is -2.51. The molecule has 0 aliphatic carbocycles. The fourth-order valence-corrected chi connectivity index (χ4v) is 4.63. The number of hydrogen-bond donors (Lipinski definition) is 1. The molecule has 0 radical (unpaired) electrons. The highest BCUT2D eigenvalue weighted by atomic mass is 19.1. The van der Waals surface area contributed by atoms with Crippen LogP contribution in [0.1, 0.15) is 17.7 Å². The van der Waals surface area contributed by atoms with E-state index in [-0.39, 0.29) is 18.1 Å². The quantitative estimate of drug-likeness (QED) is 0.547. The summed E-state index contributed by atoms with van der Waals surface area (Å²) in [7, 11) is 1.43. The Balaban J connectivity index is 1.18. The van der Waals surface area contributed by atoms with Crippen molar-refractivity contribution in [2.45, 2.75) is 31.6 Å². The van der Waals surface area contributed by atoms with Crippen LogP contribution in [0.5, 0.6) is 17.2 Å². The molecule has 35 heavy (non-hydrogen) atoms. The topological polar surface area (TPSA) is 68.7 Å². The van der Waals surface area contributed by atoms with Gasteiger partial charge < -0.3 is 19.5 Å². The van der Waals surface area contributed by atoms with E-state index in [2.05, 4.69) is 15.3 Å². The average molecular weight is 489 g/mol. The number of piperidine rings is 1. The Labute approximate surface area is 201 Å². The highest BCUT2D eigenvalue weighted by molar-refractivity contribution is 5.84. The van der Waals surface area contributed by atoms with Crippen molar-refractivity contribution in [2.75, 3.05) is 40.0 Å². The van der Waals surface area contributed by atoms with Gasteiger partial charge in [0.2, 0.25) is 0 Å². The van der Waals surface area contributed by atoms with E-state index in [1.165, 1.54) is 13.2 Å². The SMILES string of the molecule is COc1cc(F)c2ncc(F)c(CCN3CCC(NCc4cc5c(cn4)OCCO5)C(F)C3)c2c1. The summed E-state index contributed by atoms with van der Waals surface area (Å²) in [6, 6.07) is 4.32. The molecule has 1 N–H and O–H groups in total. The number of nitrogens with one attached hydrogen (secondary N) is 1. The molecule has 0 spiro atoms. The molecule has 7 nitrogen and oxygen atoms in total. The smallest absolute Gasteiger partial charge is 0.179 e. The summed E-state index contributed by atoms with van der Waals surface area (Å²) in [5.41, 5.74) is 1.21. The molecule has 186 valence electrons. The Morgan fingerprint density at radius 1 is 1.09 bits per heavy atom. The zero-order valence-corrected chi connectivity index (χ0v) is 19.4. The van der Waals surface area contributed by atoms with Gasteiger partial charge in [-0.1, -0.05) is 0 Å². The molecule has 2 aliphatic rings. The summed E-state index contributed by atoms with van der Waals surface area (Å²) in [5, 5.41) is 3.63. The minimum absolute atomic E-state index is 0.0984. The Morgan fingerprint density at radius 2 is 1.91 bits per heavy atom. The van der Waals surface area contributed by atoms with Crippen LogP contribution in [0, 0.1) is 11.6 Å². The predicted molar refractivity (Wildman–Crippen MR) is 124 cm³/mol. The van der Waals surface area contributed by atoms with Crippen molar-refractivity contribution < 1.29 is 27.4 Å². The summed E-state index contributed by atoms with van der Waals surface area (Å²) in [6.07, 6.45) is 2.49. The zero-order chi connectivity index (χ0) is 24.4. The number of ether oxygens (including phenoxy) is 3. The van der Waals surface area contributed by atoms with Crippen LogP contribution >= 0.6 is 0 Å². The first-order valence-corrected chi connectivity index (χ1v) is 11.7. The Morgan fingerprint density at radius 3 is 2.71 bits per heavy atom. The molecule has 1 saturated heterocycles. The molecule has 2 aromatic heterocycles. The Kier molecular flexibility index (Phi) is 6.92. The molecular weight excluding hydrogens is 461 g/mol. The van der Waals surface area contributed by atoms with Crippen molar-refractivity contribution in [3.05, 3.63) is 53.5 Å². The van der Waals surface area contributed by atoms with E-state index in [0.717, 1.165) is 11.9 Å². The molecule has 0 amide bonds. The second-order valence-corrected chi connectivity index (χ2v) is 8.75. The van der Waals surface area contributed by atoms with Crippen LogP contribution in [-0.2, 0) is 13.0 Å². The molecule has 2 atom stereocenters. The molecule has 0 bridgehead atoms. The number of nitrogens with zero attached hydrogens (tertiary/aromatic N) is 3. The summed E-state index contributed by atoms with van der Waals surface area (Å²) in [6.45, 7) is 2.76. The van der Waals surface area contributed by atoms with E-state index in [1.807, 2.05) is 11.0 Å². The fraction of sp³-hybridized carbons (Fsp3) is 0.440. The number of likely N-dealkylation sites (tertiary alicyclic amines) is 1. The maximum Gasteiger partial charge on any atom is 0.179 e. The van der Waals surface area contributed by atoms with E-state index >= 15 is 0 Å². The molecule has 1 fully saturated rings. The fourth-order valence-electron chi connectivity index (χ4n) is 4.63. The Hall–Kier alpha value is -3.11. The third-order valence-electron chi connectivity index (χ3n) is 6.53. The van der Waals surface area contributed by atoms with Gasteiger partial charge >= 0.3 is 0 Å². The molecule has 2 unspecified atom stereocenters. The van der Waals surface area contributed by atoms with Gasteiger partial charge in [0.15, 0.2) is 17.3 Å². The van der Waals surface area contributed by atoms with Crippen molar-refractivity contribution in [3.8, 4) is 17.2 Å². The van der Waals surface area contributed by atoms with Gasteiger partial charge in [0.1, 0.15) is 36.5 Å². The van der Waals surface area contributed by atoms with Crippen LogP contribution in [0.25, 0.3) is 10.9 Å². The standard InChI is InChI=1S/C25H27F3N4O3/c1-33-16-9-18-17(20(27)12-31-25(18)19(26)10-16)2-4-32-5-3-22(21(28)14-32)30-11-15-8-23-24(13-29-15)35-7-6-34-23/h8-10,12-13,21-22,30H,2-7,11,14H2,1H3. The summed E-state index contributed by atoms with van der Waals surface area (Å²) in [5.74, 6) is 0.500. The second kappa shape index (κ2) is 10.2. The van der Waals surface area contributed by atoms with Gasteiger partial charge in [-0.2, -0.15) is 0 Å². The molecule has 5 rings (SSSR count). The maximum absolute atomic E-state index is 15.0. The van der Waals surface area contributed by atoms with Crippen LogP contribution in [-0.4, -0.2) is 67.0 Å². The van der Waals surface area contributed by atoms with Gasteiger partial charge in [-0.05, 0) is 25.5 Å². The molecular formula is C25H27F3N4O3. The van der Waals surface area contributed by atoms with Crippen LogP contribution in [0.15, 0.2) is 30.6 Å². The number of fused-ring (bicyclic) bond motifs is 2. The van der Waals surface area contributed by atoms with Crippen molar-refractivity contribution in [3.63, 3.8) is 0 Å². The molecule has 4 heterocycles.